The van der Waals surface area contributed by atoms with Crippen molar-refractivity contribution in [1.29, 1.82) is 0 Å². The van der Waals surface area contributed by atoms with E-state index in [-0.39, 0.29) is 23.7 Å². The van der Waals surface area contributed by atoms with Crippen LogP contribution in [0, 0.1) is 40.9 Å². The van der Waals surface area contributed by atoms with Gasteiger partial charge in [-0.1, -0.05) is 0 Å². The number of fused-ring (bicyclic) bond motifs is 1. The molecule has 1 aromatic heterocycles. The number of methoxy groups -OCH3 is 1. The van der Waals surface area contributed by atoms with Gasteiger partial charge in [-0.2, -0.15) is 0 Å². The third kappa shape index (κ3) is 3.16. The van der Waals surface area contributed by atoms with Crippen molar-refractivity contribution in [3.8, 4) is 0 Å². The van der Waals surface area contributed by atoms with E-state index < -0.39 is 5.41 Å². The van der Waals surface area contributed by atoms with Gasteiger partial charge in [0.1, 0.15) is 22.5 Å². The van der Waals surface area contributed by atoms with E-state index in [1.165, 1.54) is 51.0 Å². The first-order valence-electron chi connectivity index (χ1n) is 12.1. The van der Waals surface area contributed by atoms with Gasteiger partial charge in [-0.15, -0.1) is 11.8 Å². The molecule has 0 spiro atoms. The highest BCUT2D eigenvalue weighted by atomic mass is 32.2. The Morgan fingerprint density at radius 2 is 1.88 bits per heavy atom. The summed E-state index contributed by atoms with van der Waals surface area (Å²) >= 11 is 1.47. The van der Waals surface area contributed by atoms with Gasteiger partial charge in [0.25, 0.3) is 5.91 Å². The van der Waals surface area contributed by atoms with Crippen molar-refractivity contribution in [1.82, 2.24) is 10.3 Å². The van der Waals surface area contributed by atoms with Crippen molar-refractivity contribution in [3.63, 3.8) is 0 Å². The number of pyridine rings is 1. The summed E-state index contributed by atoms with van der Waals surface area (Å²) in [6, 6.07) is 4.04. The molecule has 33 heavy (non-hydrogen) atoms. The zero-order chi connectivity index (χ0) is 22.9. The molecule has 3 atom stereocenters. The Balaban J connectivity index is 1.18. The Labute approximate surface area is 198 Å². The van der Waals surface area contributed by atoms with Crippen LogP contribution in [0.2, 0.25) is 0 Å². The fraction of sp³-hybridized carbons (Fsp3) is 0.680. The van der Waals surface area contributed by atoms with E-state index in [9.17, 15) is 14.4 Å². The Bertz CT molecular complexity index is 987. The molecular weight excluding hydrogens is 438 g/mol. The quantitative estimate of drug-likeness (QED) is 0.389. The Hall–Kier alpha value is -2.09. The first-order valence-corrected chi connectivity index (χ1v) is 13.4. The van der Waals surface area contributed by atoms with E-state index in [1.54, 1.807) is 0 Å². The molecule has 7 nitrogen and oxygen atoms in total. The highest BCUT2D eigenvalue weighted by Crippen LogP contribution is 2.63. The second-order valence-electron chi connectivity index (χ2n) is 10.8. The number of aromatic nitrogens is 1. The lowest BCUT2D eigenvalue weighted by atomic mass is 9.54. The predicted octanol–water partition coefficient (Wildman–Crippen LogP) is 2.78. The minimum Gasteiger partial charge on any atom is -0.469 e. The summed E-state index contributed by atoms with van der Waals surface area (Å²) in [5.74, 6) is 3.12. The number of hydrogen-bond acceptors (Lipinski definition) is 7. The number of nitrogens with one attached hydrogen (secondary N) is 1. The maximum Gasteiger partial charge on any atom is 0.314 e. The minimum atomic E-state index is -0.743. The van der Waals surface area contributed by atoms with Crippen molar-refractivity contribution in [2.24, 2.45) is 40.9 Å². The first-order chi connectivity index (χ1) is 16.0. The van der Waals surface area contributed by atoms with Crippen molar-refractivity contribution >= 4 is 35.7 Å². The fourth-order valence-electron chi connectivity index (χ4n) is 7.93. The van der Waals surface area contributed by atoms with Crippen LogP contribution < -0.4 is 10.2 Å². The summed E-state index contributed by atoms with van der Waals surface area (Å²) in [6.07, 6.45) is 9.30. The van der Waals surface area contributed by atoms with Crippen molar-refractivity contribution in [2.45, 2.75) is 43.2 Å². The lowest BCUT2D eigenvalue weighted by molar-refractivity contribution is -0.147. The molecule has 4 bridgehead atoms. The van der Waals surface area contributed by atoms with Gasteiger partial charge in [-0.25, -0.2) is 4.98 Å². The molecule has 1 aromatic rings. The molecule has 2 heterocycles. The SMILES string of the molecule is COC(=O)[C@]12CN(c3ccc(C(=O)NC4C5CC6CC(C5)CC4C6)c(SC)n3)C[C@H]1C2C=O. The number of ether oxygens (including phenoxy) is 1. The molecular formula is C25H31N3O4S. The van der Waals surface area contributed by atoms with Gasteiger partial charge >= 0.3 is 5.97 Å². The Kier molecular flexibility index (Phi) is 5.02. The van der Waals surface area contributed by atoms with Crippen LogP contribution in [-0.4, -0.2) is 55.6 Å². The number of piperidine rings is 1. The molecule has 1 saturated heterocycles. The normalized spacial score (nSPS) is 39.8. The van der Waals surface area contributed by atoms with Crippen LogP contribution in [0.5, 0.6) is 0 Å². The lowest BCUT2D eigenvalue weighted by Gasteiger charge is -2.54. The largest absolute Gasteiger partial charge is 0.469 e. The number of carbonyl (C=O) groups is 3. The summed E-state index contributed by atoms with van der Waals surface area (Å²) in [7, 11) is 1.37. The van der Waals surface area contributed by atoms with Gasteiger partial charge in [0.15, 0.2) is 0 Å². The molecule has 7 rings (SSSR count). The van der Waals surface area contributed by atoms with Crippen LogP contribution in [0.15, 0.2) is 17.2 Å². The highest BCUT2D eigenvalue weighted by Gasteiger charge is 2.74. The lowest BCUT2D eigenvalue weighted by Crippen LogP contribution is -2.55. The zero-order valence-corrected chi connectivity index (χ0v) is 20.0. The fourth-order valence-corrected chi connectivity index (χ4v) is 8.49. The number of amides is 1. The molecule has 5 aliphatic carbocycles. The van der Waals surface area contributed by atoms with Crippen molar-refractivity contribution < 1.29 is 19.1 Å². The molecule has 0 radical (unpaired) electrons. The van der Waals surface area contributed by atoms with Gasteiger partial charge in [0.2, 0.25) is 0 Å². The molecule has 1 unspecified atom stereocenters. The van der Waals surface area contributed by atoms with Crippen LogP contribution in [0.25, 0.3) is 0 Å². The van der Waals surface area contributed by atoms with E-state index in [4.69, 9.17) is 9.72 Å². The van der Waals surface area contributed by atoms with Gasteiger partial charge in [-0.05, 0) is 74.2 Å². The summed E-state index contributed by atoms with van der Waals surface area (Å²) in [6.45, 7) is 1.02. The van der Waals surface area contributed by atoms with Crippen molar-refractivity contribution in [3.05, 3.63) is 17.7 Å². The minimum absolute atomic E-state index is 0.0211. The third-order valence-corrected chi connectivity index (χ3v) is 9.99. The van der Waals surface area contributed by atoms with Crippen LogP contribution >= 0.6 is 11.8 Å². The van der Waals surface area contributed by atoms with E-state index in [0.717, 1.165) is 23.9 Å². The number of carbonyl (C=O) groups excluding carboxylic acids is 3. The van der Waals surface area contributed by atoms with Gasteiger partial charge < -0.3 is 19.7 Å². The van der Waals surface area contributed by atoms with Crippen molar-refractivity contribution in [2.75, 3.05) is 31.4 Å². The average Bonchev–Trinajstić information content (AvgIpc) is 3.26. The molecule has 8 heteroatoms. The van der Waals surface area contributed by atoms with E-state index >= 15 is 0 Å². The number of esters is 1. The Morgan fingerprint density at radius 3 is 2.48 bits per heavy atom. The van der Waals surface area contributed by atoms with Crippen LogP contribution in [0.1, 0.15) is 42.5 Å². The standard InChI is InChI=1S/C25H31N3O4S/c1-32-24(31)25-12-28(10-18(25)19(25)11-29)20-4-3-17(23(26-20)33-2)22(30)27-21-15-6-13-5-14(8-15)9-16(21)7-13/h3-4,11,13-16,18-19,21H,5-10,12H2,1-2H3,(H,27,30)/t13?,14?,15?,16?,18-,19?,21?,25+/m0/s1. The van der Waals surface area contributed by atoms with E-state index in [2.05, 4.69) is 5.32 Å². The summed E-state index contributed by atoms with van der Waals surface area (Å²) < 4.78 is 5.00. The molecule has 6 aliphatic rings. The Morgan fingerprint density at radius 1 is 1.18 bits per heavy atom. The third-order valence-electron chi connectivity index (χ3n) is 9.29. The summed E-state index contributed by atoms with van der Waals surface area (Å²) in [4.78, 5) is 44.0. The molecule has 1 amide bonds. The maximum absolute atomic E-state index is 13.3. The number of nitrogens with zero attached hydrogens (tertiary/aromatic N) is 2. The van der Waals surface area contributed by atoms with Gasteiger partial charge in [-0.3, -0.25) is 9.59 Å². The molecule has 5 saturated carbocycles. The number of hydrogen-bond donors (Lipinski definition) is 1. The molecule has 176 valence electrons. The topological polar surface area (TPSA) is 88.6 Å². The molecule has 1 aliphatic heterocycles. The smallest absolute Gasteiger partial charge is 0.314 e. The molecule has 6 fully saturated rings. The van der Waals surface area contributed by atoms with E-state index in [0.29, 0.717) is 41.6 Å². The maximum atomic E-state index is 13.3. The predicted molar refractivity (Wildman–Crippen MR) is 124 cm³/mol. The second kappa shape index (κ2) is 7.72. The summed E-state index contributed by atoms with van der Waals surface area (Å²) in [5, 5.41) is 4.09. The van der Waals surface area contributed by atoms with Crippen LogP contribution in [0.4, 0.5) is 5.82 Å². The zero-order valence-electron chi connectivity index (χ0n) is 19.2. The highest BCUT2D eigenvalue weighted by molar-refractivity contribution is 7.98. The number of anilines is 1. The van der Waals surface area contributed by atoms with Crippen LogP contribution in [0.3, 0.4) is 0 Å². The van der Waals surface area contributed by atoms with Gasteiger partial charge in [0, 0.05) is 31.0 Å². The first kappa shape index (κ1) is 21.4. The number of thioether (sulfide) groups is 1. The monoisotopic (exact) mass is 469 g/mol. The van der Waals surface area contributed by atoms with Gasteiger partial charge in [0.05, 0.1) is 12.7 Å². The summed E-state index contributed by atoms with van der Waals surface area (Å²) in [5.41, 5.74) is -0.120. The molecule has 0 aromatic carbocycles. The number of aldehydes is 1. The molecule has 1 N–H and O–H groups in total. The second-order valence-corrected chi connectivity index (χ2v) is 11.6. The number of rotatable bonds is 6. The average molecular weight is 470 g/mol. The van der Waals surface area contributed by atoms with E-state index in [1.807, 2.05) is 23.3 Å². The van der Waals surface area contributed by atoms with Crippen LogP contribution in [-0.2, 0) is 14.3 Å².